The second kappa shape index (κ2) is 9.41. The Hall–Kier alpha value is -4.73. The van der Waals surface area contributed by atoms with Crippen molar-refractivity contribution in [1.82, 2.24) is 30.4 Å². The van der Waals surface area contributed by atoms with Crippen molar-refractivity contribution in [3.8, 4) is 22.6 Å². The number of halogens is 1. The first-order valence-corrected chi connectivity index (χ1v) is 10.3. The second-order valence-corrected chi connectivity index (χ2v) is 7.29. The monoisotopic (exact) mass is 455 g/mol. The van der Waals surface area contributed by atoms with Crippen molar-refractivity contribution < 1.29 is 13.6 Å². The fourth-order valence-electron chi connectivity index (χ4n) is 3.30. The van der Waals surface area contributed by atoms with E-state index in [0.29, 0.717) is 17.4 Å². The van der Waals surface area contributed by atoms with E-state index in [1.807, 2.05) is 60.7 Å². The Balaban J connectivity index is 1.30. The van der Waals surface area contributed by atoms with Crippen LogP contribution >= 0.6 is 0 Å². The van der Waals surface area contributed by atoms with Gasteiger partial charge in [0.1, 0.15) is 5.82 Å². The van der Waals surface area contributed by atoms with Gasteiger partial charge in [0, 0.05) is 18.2 Å². The zero-order valence-electron chi connectivity index (χ0n) is 18.0. The lowest BCUT2D eigenvalue weighted by molar-refractivity contribution is 0.111. The molecule has 0 amide bonds. The molecule has 2 aromatic heterocycles. The number of oxime groups is 1. The second-order valence-electron chi connectivity index (χ2n) is 7.29. The molecule has 0 atom stereocenters. The Morgan fingerprint density at radius 2 is 1.71 bits per heavy atom. The van der Waals surface area contributed by atoms with Gasteiger partial charge in [-0.25, -0.2) is 9.07 Å². The number of tetrazole rings is 1. The Bertz CT molecular complexity index is 1430. The molecule has 5 aromatic rings. The largest absolute Gasteiger partial charge is 0.417 e. The van der Waals surface area contributed by atoms with Gasteiger partial charge in [-0.1, -0.05) is 59.8 Å². The third kappa shape index (κ3) is 4.56. The standard InChI is InChI=1S/C24H18FN7O2/c1-32-23(27-30-31-32)22(17-6-3-2-4-7-17)29-33-15-21-26-28-24(34-21)18-12-10-16(11-13-18)19-8-5-9-20(25)14-19/h2-14H,15H2,1H3/b29-22-. The van der Waals surface area contributed by atoms with E-state index < -0.39 is 0 Å². The van der Waals surface area contributed by atoms with Crippen LogP contribution in [0.5, 0.6) is 0 Å². The molecule has 34 heavy (non-hydrogen) atoms. The fourth-order valence-corrected chi connectivity index (χ4v) is 3.30. The van der Waals surface area contributed by atoms with Gasteiger partial charge in [-0.15, -0.1) is 15.3 Å². The van der Waals surface area contributed by atoms with Crippen molar-refractivity contribution in [2.24, 2.45) is 12.2 Å². The van der Waals surface area contributed by atoms with Gasteiger partial charge in [0.2, 0.25) is 11.7 Å². The van der Waals surface area contributed by atoms with E-state index in [4.69, 9.17) is 9.25 Å². The van der Waals surface area contributed by atoms with Crippen LogP contribution in [0.3, 0.4) is 0 Å². The van der Waals surface area contributed by atoms with Gasteiger partial charge >= 0.3 is 0 Å². The average molecular weight is 455 g/mol. The highest BCUT2D eigenvalue weighted by Crippen LogP contribution is 2.25. The predicted molar refractivity (Wildman–Crippen MR) is 121 cm³/mol. The molecular formula is C24H18FN7O2. The number of aryl methyl sites for hydroxylation is 1. The number of rotatable bonds is 7. The van der Waals surface area contributed by atoms with Gasteiger partial charge in [0.15, 0.2) is 12.3 Å². The van der Waals surface area contributed by atoms with Crippen molar-refractivity contribution in [1.29, 1.82) is 0 Å². The minimum absolute atomic E-state index is 0.0318. The molecule has 2 heterocycles. The third-order valence-corrected chi connectivity index (χ3v) is 4.98. The van der Waals surface area contributed by atoms with Gasteiger partial charge in [-0.2, -0.15) is 0 Å². The van der Waals surface area contributed by atoms with Crippen molar-refractivity contribution in [3.63, 3.8) is 0 Å². The molecule has 0 aliphatic carbocycles. The van der Waals surface area contributed by atoms with Gasteiger partial charge < -0.3 is 9.25 Å². The first kappa shape index (κ1) is 21.1. The van der Waals surface area contributed by atoms with Crippen molar-refractivity contribution in [2.75, 3.05) is 0 Å². The van der Waals surface area contributed by atoms with Gasteiger partial charge in [-0.3, -0.25) is 0 Å². The van der Waals surface area contributed by atoms with E-state index >= 15 is 0 Å². The molecule has 3 aromatic carbocycles. The highest BCUT2D eigenvalue weighted by molar-refractivity contribution is 6.10. The molecule has 0 radical (unpaired) electrons. The number of hydrogen-bond acceptors (Lipinski definition) is 8. The van der Waals surface area contributed by atoms with Crippen LogP contribution in [0.4, 0.5) is 4.39 Å². The van der Waals surface area contributed by atoms with Crippen LogP contribution in [0.2, 0.25) is 0 Å². The van der Waals surface area contributed by atoms with E-state index in [-0.39, 0.29) is 18.3 Å². The summed E-state index contributed by atoms with van der Waals surface area (Å²) in [7, 11) is 1.72. The van der Waals surface area contributed by atoms with Crippen LogP contribution in [-0.4, -0.2) is 36.1 Å². The molecule has 168 valence electrons. The summed E-state index contributed by atoms with van der Waals surface area (Å²) in [5, 5.41) is 23.9. The molecule has 0 N–H and O–H groups in total. The predicted octanol–water partition coefficient (Wildman–Crippen LogP) is 4.04. The Morgan fingerprint density at radius 1 is 0.912 bits per heavy atom. The van der Waals surface area contributed by atoms with E-state index in [0.717, 1.165) is 22.3 Å². The van der Waals surface area contributed by atoms with E-state index in [2.05, 4.69) is 30.9 Å². The molecule has 0 saturated carbocycles. The van der Waals surface area contributed by atoms with Crippen LogP contribution in [0.1, 0.15) is 17.3 Å². The zero-order chi connectivity index (χ0) is 23.3. The summed E-state index contributed by atoms with van der Waals surface area (Å²) in [4.78, 5) is 5.50. The summed E-state index contributed by atoms with van der Waals surface area (Å²) < 4.78 is 20.7. The maximum Gasteiger partial charge on any atom is 0.257 e. The van der Waals surface area contributed by atoms with Gasteiger partial charge in [-0.05, 0) is 45.8 Å². The van der Waals surface area contributed by atoms with Crippen LogP contribution in [0.15, 0.2) is 88.4 Å². The molecule has 0 bridgehead atoms. The van der Waals surface area contributed by atoms with Crippen molar-refractivity contribution >= 4 is 5.71 Å². The van der Waals surface area contributed by atoms with Gasteiger partial charge in [0.25, 0.3) is 5.89 Å². The Kier molecular flexibility index (Phi) is 5.85. The van der Waals surface area contributed by atoms with E-state index in [9.17, 15) is 4.39 Å². The highest BCUT2D eigenvalue weighted by Gasteiger charge is 2.15. The number of benzene rings is 3. The summed E-state index contributed by atoms with van der Waals surface area (Å²) in [6, 6.07) is 23.3. The highest BCUT2D eigenvalue weighted by atomic mass is 19.1. The maximum absolute atomic E-state index is 13.5. The molecule has 0 unspecified atom stereocenters. The van der Waals surface area contributed by atoms with Crippen LogP contribution in [-0.2, 0) is 18.5 Å². The first-order valence-electron chi connectivity index (χ1n) is 10.3. The molecule has 0 aliphatic heterocycles. The summed E-state index contributed by atoms with van der Waals surface area (Å²) >= 11 is 0. The molecule has 0 aliphatic rings. The number of aromatic nitrogens is 6. The van der Waals surface area contributed by atoms with Crippen molar-refractivity contribution in [2.45, 2.75) is 6.61 Å². The molecule has 0 spiro atoms. The van der Waals surface area contributed by atoms with E-state index in [1.54, 1.807) is 13.1 Å². The lowest BCUT2D eigenvalue weighted by atomic mass is 10.0. The molecular weight excluding hydrogens is 437 g/mol. The minimum Gasteiger partial charge on any atom is -0.417 e. The smallest absolute Gasteiger partial charge is 0.257 e. The minimum atomic E-state index is -0.281. The Labute approximate surface area is 193 Å². The van der Waals surface area contributed by atoms with Crippen LogP contribution in [0.25, 0.3) is 22.6 Å². The molecule has 0 fully saturated rings. The first-order chi connectivity index (χ1) is 16.7. The Morgan fingerprint density at radius 3 is 2.44 bits per heavy atom. The van der Waals surface area contributed by atoms with Crippen LogP contribution < -0.4 is 0 Å². The number of hydrogen-bond donors (Lipinski definition) is 0. The summed E-state index contributed by atoms with van der Waals surface area (Å²) in [5.74, 6) is 0.776. The normalized spacial score (nSPS) is 11.5. The lowest BCUT2D eigenvalue weighted by Crippen LogP contribution is -2.12. The summed E-state index contributed by atoms with van der Waals surface area (Å²) in [6.45, 7) is -0.0318. The SMILES string of the molecule is Cn1nnnc1/C(=N\OCc1nnc(-c2ccc(-c3cccc(F)c3)cc2)o1)c1ccccc1. The maximum atomic E-state index is 13.5. The molecule has 9 nitrogen and oxygen atoms in total. The van der Waals surface area contributed by atoms with Gasteiger partial charge in [0.05, 0.1) is 0 Å². The average Bonchev–Trinajstić information content (AvgIpc) is 3.52. The quantitative estimate of drug-likeness (QED) is 0.269. The topological polar surface area (TPSA) is 104 Å². The zero-order valence-corrected chi connectivity index (χ0v) is 18.0. The lowest BCUT2D eigenvalue weighted by Gasteiger charge is -2.04. The number of nitrogens with zero attached hydrogens (tertiary/aromatic N) is 7. The van der Waals surface area contributed by atoms with Crippen LogP contribution in [0, 0.1) is 5.82 Å². The summed E-state index contributed by atoms with van der Waals surface area (Å²) in [5.41, 5.74) is 3.67. The fraction of sp³-hybridized carbons (Fsp3) is 0.0833. The third-order valence-electron chi connectivity index (χ3n) is 4.98. The molecule has 0 saturated heterocycles. The molecule has 10 heteroatoms. The molecule has 5 rings (SSSR count). The van der Waals surface area contributed by atoms with E-state index in [1.165, 1.54) is 16.8 Å². The summed E-state index contributed by atoms with van der Waals surface area (Å²) in [6.07, 6.45) is 0. The van der Waals surface area contributed by atoms with Crippen molar-refractivity contribution in [3.05, 3.63) is 102 Å².